The third kappa shape index (κ3) is 2.65. The van der Waals surface area contributed by atoms with Crippen LogP contribution in [0.25, 0.3) is 0 Å². The summed E-state index contributed by atoms with van der Waals surface area (Å²) in [5.74, 6) is 4.49. The van der Waals surface area contributed by atoms with Crippen LogP contribution in [0.5, 0.6) is 0 Å². The van der Waals surface area contributed by atoms with E-state index in [1.165, 1.54) is 44.0 Å². The Labute approximate surface area is 91.6 Å². The third-order valence-electron chi connectivity index (χ3n) is 3.59. The maximum Gasteiger partial charge on any atom is 0.00514 e. The van der Waals surface area contributed by atoms with E-state index < -0.39 is 0 Å². The van der Waals surface area contributed by atoms with Gasteiger partial charge in [-0.2, -0.15) is 11.8 Å². The van der Waals surface area contributed by atoms with Gasteiger partial charge in [0.1, 0.15) is 0 Å². The Morgan fingerprint density at radius 2 is 2.36 bits per heavy atom. The van der Waals surface area contributed by atoms with E-state index in [1.54, 1.807) is 0 Å². The van der Waals surface area contributed by atoms with Gasteiger partial charge in [-0.1, -0.05) is 0 Å². The summed E-state index contributed by atoms with van der Waals surface area (Å²) < 4.78 is 0. The van der Waals surface area contributed by atoms with Gasteiger partial charge in [-0.3, -0.25) is 0 Å². The monoisotopic (exact) mass is 214 g/mol. The lowest BCUT2D eigenvalue weighted by atomic mass is 10.0. The van der Waals surface area contributed by atoms with Crippen LogP contribution in [0.4, 0.5) is 0 Å². The molecule has 2 fully saturated rings. The molecule has 0 bridgehead atoms. The fourth-order valence-corrected chi connectivity index (χ4v) is 3.82. The molecule has 2 heterocycles. The molecule has 82 valence electrons. The van der Waals surface area contributed by atoms with E-state index in [-0.39, 0.29) is 0 Å². The lowest BCUT2D eigenvalue weighted by Gasteiger charge is -2.20. The highest BCUT2D eigenvalue weighted by molar-refractivity contribution is 7.99. The summed E-state index contributed by atoms with van der Waals surface area (Å²) in [5.41, 5.74) is 5.94. The summed E-state index contributed by atoms with van der Waals surface area (Å²) in [6.07, 6.45) is 2.75. The molecule has 2 nitrogen and oxygen atoms in total. The van der Waals surface area contributed by atoms with Crippen molar-refractivity contribution in [2.45, 2.75) is 25.8 Å². The zero-order valence-corrected chi connectivity index (χ0v) is 9.93. The highest BCUT2D eigenvalue weighted by Crippen LogP contribution is 2.26. The van der Waals surface area contributed by atoms with Gasteiger partial charge in [0, 0.05) is 19.1 Å². The van der Waals surface area contributed by atoms with Crippen LogP contribution in [0.3, 0.4) is 0 Å². The van der Waals surface area contributed by atoms with Gasteiger partial charge in [0.15, 0.2) is 0 Å². The van der Waals surface area contributed by atoms with Crippen LogP contribution < -0.4 is 5.73 Å². The summed E-state index contributed by atoms with van der Waals surface area (Å²) in [6.45, 7) is 6.02. The molecule has 0 amide bonds. The van der Waals surface area contributed by atoms with Gasteiger partial charge < -0.3 is 10.6 Å². The molecule has 2 N–H and O–H groups in total. The first-order valence-corrected chi connectivity index (χ1v) is 6.97. The molecule has 3 atom stereocenters. The van der Waals surface area contributed by atoms with E-state index in [9.17, 15) is 0 Å². The second-order valence-electron chi connectivity index (χ2n) is 4.90. The number of hydrogen-bond acceptors (Lipinski definition) is 3. The normalized spacial score (nSPS) is 36.4. The molecule has 3 heteroatoms. The minimum Gasteiger partial charge on any atom is -0.328 e. The average Bonchev–Trinajstić information content (AvgIpc) is 2.75. The maximum atomic E-state index is 5.94. The highest BCUT2D eigenvalue weighted by atomic mass is 32.2. The van der Waals surface area contributed by atoms with Crippen molar-refractivity contribution in [1.29, 1.82) is 0 Å². The van der Waals surface area contributed by atoms with Crippen molar-refractivity contribution in [2.75, 3.05) is 31.1 Å². The van der Waals surface area contributed by atoms with Gasteiger partial charge >= 0.3 is 0 Å². The standard InChI is InChI=1S/C11H22N2S/c1-9(12)11-2-4-13(7-11)6-10-3-5-14-8-10/h9-11H,2-8,12H2,1H3. The molecule has 0 spiro atoms. The molecule has 0 aromatic rings. The van der Waals surface area contributed by atoms with E-state index in [2.05, 4.69) is 23.6 Å². The zero-order valence-electron chi connectivity index (χ0n) is 9.11. The van der Waals surface area contributed by atoms with Crippen molar-refractivity contribution in [3.8, 4) is 0 Å². The van der Waals surface area contributed by atoms with Crippen molar-refractivity contribution < 1.29 is 0 Å². The number of rotatable bonds is 3. The smallest absolute Gasteiger partial charge is 0.00514 e. The molecule has 2 rings (SSSR count). The molecular weight excluding hydrogens is 192 g/mol. The predicted octanol–water partition coefficient (Wildman–Crippen LogP) is 1.41. The molecule has 0 radical (unpaired) electrons. The summed E-state index contributed by atoms with van der Waals surface area (Å²) >= 11 is 2.12. The summed E-state index contributed by atoms with van der Waals surface area (Å²) in [7, 11) is 0. The van der Waals surface area contributed by atoms with Gasteiger partial charge in [-0.25, -0.2) is 0 Å². The summed E-state index contributed by atoms with van der Waals surface area (Å²) in [5, 5.41) is 0. The Bertz CT molecular complexity index is 178. The molecule has 2 aliphatic rings. The van der Waals surface area contributed by atoms with Crippen LogP contribution in [0.2, 0.25) is 0 Å². The Morgan fingerprint density at radius 3 is 2.93 bits per heavy atom. The van der Waals surface area contributed by atoms with Crippen molar-refractivity contribution in [1.82, 2.24) is 4.90 Å². The number of hydrogen-bond donors (Lipinski definition) is 1. The highest BCUT2D eigenvalue weighted by Gasteiger charge is 2.27. The van der Waals surface area contributed by atoms with E-state index in [4.69, 9.17) is 5.73 Å². The lowest BCUT2D eigenvalue weighted by Crippen LogP contribution is -2.32. The largest absolute Gasteiger partial charge is 0.328 e. The third-order valence-corrected chi connectivity index (χ3v) is 4.82. The number of nitrogens with zero attached hydrogens (tertiary/aromatic N) is 1. The van der Waals surface area contributed by atoms with Crippen LogP contribution in [0.1, 0.15) is 19.8 Å². The quantitative estimate of drug-likeness (QED) is 0.770. The van der Waals surface area contributed by atoms with Gasteiger partial charge in [0.05, 0.1) is 0 Å². The SMILES string of the molecule is CC(N)C1CCN(CC2CCSC2)C1. The van der Waals surface area contributed by atoms with Crippen molar-refractivity contribution in [2.24, 2.45) is 17.6 Å². The fraction of sp³-hybridized carbons (Fsp3) is 1.00. The van der Waals surface area contributed by atoms with E-state index >= 15 is 0 Å². The lowest BCUT2D eigenvalue weighted by molar-refractivity contribution is 0.275. The minimum atomic E-state index is 0.387. The van der Waals surface area contributed by atoms with Crippen LogP contribution in [0, 0.1) is 11.8 Å². The van der Waals surface area contributed by atoms with E-state index in [0.717, 1.165) is 11.8 Å². The number of thioether (sulfide) groups is 1. The van der Waals surface area contributed by atoms with Gasteiger partial charge in [-0.05, 0) is 49.7 Å². The van der Waals surface area contributed by atoms with Crippen LogP contribution >= 0.6 is 11.8 Å². The van der Waals surface area contributed by atoms with Gasteiger partial charge in [-0.15, -0.1) is 0 Å². The Kier molecular flexibility index (Phi) is 3.74. The zero-order chi connectivity index (χ0) is 9.97. The van der Waals surface area contributed by atoms with Gasteiger partial charge in [0.25, 0.3) is 0 Å². The molecule has 0 aromatic heterocycles. The molecule has 0 aromatic carbocycles. The Balaban J connectivity index is 1.72. The first-order valence-electron chi connectivity index (χ1n) is 5.81. The molecule has 0 saturated carbocycles. The molecule has 2 saturated heterocycles. The molecule has 14 heavy (non-hydrogen) atoms. The summed E-state index contributed by atoms with van der Waals surface area (Å²) in [4.78, 5) is 2.63. The van der Waals surface area contributed by atoms with E-state index in [1.807, 2.05) is 0 Å². The minimum absolute atomic E-state index is 0.387. The molecular formula is C11H22N2S. The fourth-order valence-electron chi connectivity index (χ4n) is 2.55. The summed E-state index contributed by atoms with van der Waals surface area (Å²) in [6, 6.07) is 0.387. The van der Waals surface area contributed by atoms with Crippen molar-refractivity contribution in [3.05, 3.63) is 0 Å². The second-order valence-corrected chi connectivity index (χ2v) is 6.05. The first kappa shape index (κ1) is 10.8. The van der Waals surface area contributed by atoms with Crippen LogP contribution in [-0.2, 0) is 0 Å². The Morgan fingerprint density at radius 1 is 1.50 bits per heavy atom. The average molecular weight is 214 g/mol. The van der Waals surface area contributed by atoms with Crippen LogP contribution in [-0.4, -0.2) is 42.1 Å². The first-order chi connectivity index (χ1) is 6.75. The second kappa shape index (κ2) is 4.86. The van der Waals surface area contributed by atoms with Gasteiger partial charge in [0.2, 0.25) is 0 Å². The molecule has 2 aliphatic heterocycles. The predicted molar refractivity (Wildman–Crippen MR) is 63.6 cm³/mol. The molecule has 3 unspecified atom stereocenters. The topological polar surface area (TPSA) is 29.3 Å². The maximum absolute atomic E-state index is 5.94. The van der Waals surface area contributed by atoms with Crippen LogP contribution in [0.15, 0.2) is 0 Å². The molecule has 0 aliphatic carbocycles. The Hall–Kier alpha value is 0.270. The van der Waals surface area contributed by atoms with Crippen molar-refractivity contribution in [3.63, 3.8) is 0 Å². The number of nitrogens with two attached hydrogens (primary N) is 1. The van der Waals surface area contributed by atoms with Crippen molar-refractivity contribution >= 4 is 11.8 Å². The van der Waals surface area contributed by atoms with E-state index in [0.29, 0.717) is 6.04 Å². The number of likely N-dealkylation sites (tertiary alicyclic amines) is 1.